The van der Waals surface area contributed by atoms with Crippen LogP contribution in [0.15, 0.2) is 24.3 Å². The minimum absolute atomic E-state index is 0.00384. The van der Waals surface area contributed by atoms with Gasteiger partial charge in [0.2, 0.25) is 5.78 Å². The average molecular weight is 249 g/mol. The van der Waals surface area contributed by atoms with E-state index in [4.69, 9.17) is 4.74 Å². The first-order chi connectivity index (χ1) is 8.58. The second-order valence-electron chi connectivity index (χ2n) is 4.07. The Balaban J connectivity index is 2.69. The van der Waals surface area contributed by atoms with Gasteiger partial charge in [0, 0.05) is 11.6 Å². The topological polar surface area (TPSA) is 55.4 Å². The standard InChI is InChI=1S/C14H19NO3/c1-4-10(3)15-14(17)13(16)11-6-8-12(9-7-11)18-5-2/h6-10H,4-5H2,1-3H3,(H,15,17). The summed E-state index contributed by atoms with van der Waals surface area (Å²) >= 11 is 0. The number of ketones is 1. The summed E-state index contributed by atoms with van der Waals surface area (Å²) in [5.41, 5.74) is 0.374. The fourth-order valence-electron chi connectivity index (χ4n) is 1.39. The normalized spacial score (nSPS) is 11.7. The average Bonchev–Trinajstić information content (AvgIpc) is 2.39. The molecule has 4 heteroatoms. The maximum atomic E-state index is 11.8. The fraction of sp³-hybridized carbons (Fsp3) is 0.429. The predicted octanol–water partition coefficient (Wildman–Crippen LogP) is 2.18. The van der Waals surface area contributed by atoms with E-state index in [1.54, 1.807) is 24.3 Å². The van der Waals surface area contributed by atoms with E-state index in [0.717, 1.165) is 6.42 Å². The van der Waals surface area contributed by atoms with Gasteiger partial charge in [-0.1, -0.05) is 6.92 Å². The molecule has 0 aromatic heterocycles. The lowest BCUT2D eigenvalue weighted by Gasteiger charge is -2.10. The van der Waals surface area contributed by atoms with Gasteiger partial charge in [-0.05, 0) is 44.5 Å². The summed E-state index contributed by atoms with van der Waals surface area (Å²) in [6.45, 7) is 6.27. The van der Waals surface area contributed by atoms with Crippen LogP contribution < -0.4 is 10.1 Å². The van der Waals surface area contributed by atoms with Crippen LogP contribution in [-0.4, -0.2) is 24.3 Å². The quantitative estimate of drug-likeness (QED) is 0.621. The highest BCUT2D eigenvalue weighted by atomic mass is 16.5. The van der Waals surface area contributed by atoms with Gasteiger partial charge in [0.05, 0.1) is 6.61 Å². The second kappa shape index (κ2) is 6.79. The Labute approximate surface area is 107 Å². The molecule has 18 heavy (non-hydrogen) atoms. The highest BCUT2D eigenvalue weighted by Crippen LogP contribution is 2.12. The molecular formula is C14H19NO3. The highest BCUT2D eigenvalue weighted by Gasteiger charge is 2.17. The van der Waals surface area contributed by atoms with Crippen molar-refractivity contribution in [1.29, 1.82) is 0 Å². The van der Waals surface area contributed by atoms with Crippen molar-refractivity contribution in [3.05, 3.63) is 29.8 Å². The largest absolute Gasteiger partial charge is 0.494 e. The van der Waals surface area contributed by atoms with E-state index >= 15 is 0 Å². The van der Waals surface area contributed by atoms with Crippen molar-refractivity contribution in [2.75, 3.05) is 6.61 Å². The van der Waals surface area contributed by atoms with Crippen LogP contribution in [0.2, 0.25) is 0 Å². The van der Waals surface area contributed by atoms with Gasteiger partial charge in [-0.3, -0.25) is 9.59 Å². The third kappa shape index (κ3) is 3.87. The van der Waals surface area contributed by atoms with Gasteiger partial charge in [-0.2, -0.15) is 0 Å². The molecule has 0 spiro atoms. The van der Waals surface area contributed by atoms with Crippen molar-refractivity contribution in [3.63, 3.8) is 0 Å². The number of amides is 1. The first-order valence-corrected chi connectivity index (χ1v) is 6.16. The number of carbonyl (C=O) groups excluding carboxylic acids is 2. The van der Waals surface area contributed by atoms with Crippen LogP contribution in [0.25, 0.3) is 0 Å². The number of Topliss-reactive ketones (excluding diaryl/α,β-unsaturated/α-hetero) is 1. The van der Waals surface area contributed by atoms with Gasteiger partial charge >= 0.3 is 0 Å². The molecule has 1 atom stereocenters. The molecule has 0 aliphatic heterocycles. The number of carbonyl (C=O) groups is 2. The summed E-state index contributed by atoms with van der Waals surface area (Å²) in [6, 6.07) is 6.58. The van der Waals surface area contributed by atoms with E-state index in [-0.39, 0.29) is 6.04 Å². The fourth-order valence-corrected chi connectivity index (χ4v) is 1.39. The molecule has 1 unspecified atom stereocenters. The minimum atomic E-state index is -0.562. The summed E-state index contributed by atoms with van der Waals surface area (Å²) in [4.78, 5) is 23.4. The number of rotatable bonds is 6. The van der Waals surface area contributed by atoms with Crippen molar-refractivity contribution in [2.45, 2.75) is 33.2 Å². The molecule has 0 fully saturated rings. The molecule has 0 aliphatic rings. The number of nitrogens with one attached hydrogen (secondary N) is 1. The maximum absolute atomic E-state index is 11.8. The zero-order chi connectivity index (χ0) is 13.5. The Bertz CT molecular complexity index is 412. The van der Waals surface area contributed by atoms with E-state index in [0.29, 0.717) is 17.9 Å². The summed E-state index contributed by atoms with van der Waals surface area (Å²) in [6.07, 6.45) is 0.794. The van der Waals surface area contributed by atoms with E-state index in [2.05, 4.69) is 5.32 Å². The van der Waals surface area contributed by atoms with Gasteiger partial charge in [-0.15, -0.1) is 0 Å². The Morgan fingerprint density at radius 2 is 1.83 bits per heavy atom. The van der Waals surface area contributed by atoms with Gasteiger partial charge in [0.1, 0.15) is 5.75 Å². The van der Waals surface area contributed by atoms with E-state index in [1.807, 2.05) is 20.8 Å². The SMILES string of the molecule is CCOc1ccc(C(=O)C(=O)NC(C)CC)cc1. The van der Waals surface area contributed by atoms with Crippen LogP contribution in [0.5, 0.6) is 5.75 Å². The van der Waals surface area contributed by atoms with Crippen molar-refractivity contribution >= 4 is 11.7 Å². The number of hydrogen-bond acceptors (Lipinski definition) is 3. The molecule has 0 heterocycles. The third-order valence-electron chi connectivity index (χ3n) is 2.62. The maximum Gasteiger partial charge on any atom is 0.292 e. The Morgan fingerprint density at radius 3 is 2.33 bits per heavy atom. The summed E-state index contributed by atoms with van der Waals surface area (Å²) in [5, 5.41) is 2.65. The van der Waals surface area contributed by atoms with E-state index in [9.17, 15) is 9.59 Å². The van der Waals surface area contributed by atoms with Crippen LogP contribution in [0.1, 0.15) is 37.6 Å². The number of ether oxygens (including phenoxy) is 1. The highest BCUT2D eigenvalue weighted by molar-refractivity contribution is 6.42. The monoisotopic (exact) mass is 249 g/mol. The smallest absolute Gasteiger partial charge is 0.292 e. The minimum Gasteiger partial charge on any atom is -0.494 e. The first-order valence-electron chi connectivity index (χ1n) is 6.16. The molecule has 0 saturated heterocycles. The Kier molecular flexibility index (Phi) is 5.36. The molecule has 0 aliphatic carbocycles. The second-order valence-corrected chi connectivity index (χ2v) is 4.07. The molecule has 1 aromatic carbocycles. The van der Waals surface area contributed by atoms with Crippen molar-refractivity contribution in [3.8, 4) is 5.75 Å². The Hall–Kier alpha value is -1.84. The van der Waals surface area contributed by atoms with Gasteiger partial charge < -0.3 is 10.1 Å². The van der Waals surface area contributed by atoms with Gasteiger partial charge in [0.25, 0.3) is 5.91 Å². The molecule has 98 valence electrons. The van der Waals surface area contributed by atoms with Crippen LogP contribution in [-0.2, 0) is 4.79 Å². The summed E-state index contributed by atoms with van der Waals surface area (Å²) < 4.78 is 5.27. The van der Waals surface area contributed by atoms with E-state index in [1.165, 1.54) is 0 Å². The van der Waals surface area contributed by atoms with E-state index < -0.39 is 11.7 Å². The molecular weight excluding hydrogens is 230 g/mol. The van der Waals surface area contributed by atoms with Crippen molar-refractivity contribution in [2.24, 2.45) is 0 Å². The zero-order valence-corrected chi connectivity index (χ0v) is 11.0. The Morgan fingerprint density at radius 1 is 1.22 bits per heavy atom. The molecule has 1 amide bonds. The number of hydrogen-bond donors (Lipinski definition) is 1. The third-order valence-corrected chi connectivity index (χ3v) is 2.62. The van der Waals surface area contributed by atoms with Crippen LogP contribution >= 0.6 is 0 Å². The molecule has 1 aromatic rings. The van der Waals surface area contributed by atoms with Crippen molar-refractivity contribution < 1.29 is 14.3 Å². The zero-order valence-electron chi connectivity index (χ0n) is 11.0. The van der Waals surface area contributed by atoms with Crippen LogP contribution in [0.4, 0.5) is 0 Å². The predicted molar refractivity (Wildman–Crippen MR) is 69.8 cm³/mol. The molecule has 0 saturated carbocycles. The van der Waals surface area contributed by atoms with Gasteiger partial charge in [-0.25, -0.2) is 0 Å². The molecule has 0 radical (unpaired) electrons. The van der Waals surface area contributed by atoms with Crippen molar-refractivity contribution in [1.82, 2.24) is 5.32 Å². The summed E-state index contributed by atoms with van der Waals surface area (Å²) in [5.74, 6) is -0.386. The van der Waals surface area contributed by atoms with Crippen LogP contribution in [0, 0.1) is 0 Å². The number of benzene rings is 1. The molecule has 0 bridgehead atoms. The molecule has 1 N–H and O–H groups in total. The lowest BCUT2D eigenvalue weighted by Crippen LogP contribution is -2.37. The van der Waals surface area contributed by atoms with Gasteiger partial charge in [0.15, 0.2) is 0 Å². The summed E-state index contributed by atoms with van der Waals surface area (Å²) in [7, 11) is 0. The molecule has 1 rings (SSSR count). The lowest BCUT2D eigenvalue weighted by atomic mass is 10.1. The first kappa shape index (κ1) is 14.2. The molecule has 4 nitrogen and oxygen atoms in total. The van der Waals surface area contributed by atoms with Crippen LogP contribution in [0.3, 0.4) is 0 Å². The lowest BCUT2D eigenvalue weighted by molar-refractivity contribution is -0.117.